The smallest absolute Gasteiger partial charge is 0.191 e. The zero-order chi connectivity index (χ0) is 17.8. The molecule has 0 aliphatic heterocycles. The predicted octanol–water partition coefficient (Wildman–Crippen LogP) is 3.62. The largest absolute Gasteiger partial charge is 0.355 e. The van der Waals surface area contributed by atoms with Crippen molar-refractivity contribution in [3.63, 3.8) is 0 Å². The number of aryl methyl sites for hydroxylation is 1. The van der Waals surface area contributed by atoms with Crippen LogP contribution in [0.5, 0.6) is 0 Å². The molecule has 0 saturated heterocycles. The summed E-state index contributed by atoms with van der Waals surface area (Å²) in [5, 5.41) is 15.0. The van der Waals surface area contributed by atoms with E-state index in [-0.39, 0.29) is 24.0 Å². The van der Waals surface area contributed by atoms with Gasteiger partial charge in [0.05, 0.1) is 0 Å². The Morgan fingerprint density at radius 3 is 2.64 bits per heavy atom. The Morgan fingerprint density at radius 1 is 1.28 bits per heavy atom. The maximum atomic E-state index is 4.80. The fraction of sp³-hybridized carbons (Fsp3) is 0.833. The van der Waals surface area contributed by atoms with E-state index in [0.29, 0.717) is 12.0 Å². The van der Waals surface area contributed by atoms with E-state index >= 15 is 0 Å². The maximum Gasteiger partial charge on any atom is 0.191 e. The minimum absolute atomic E-state index is 0. The van der Waals surface area contributed by atoms with Gasteiger partial charge in [-0.2, -0.15) is 0 Å². The van der Waals surface area contributed by atoms with Crippen molar-refractivity contribution in [2.24, 2.45) is 10.9 Å². The number of aromatic nitrogens is 3. The first kappa shape index (κ1) is 24.1. The lowest BCUT2D eigenvalue weighted by Gasteiger charge is -2.17. The van der Waals surface area contributed by atoms with Crippen LogP contribution >= 0.6 is 24.0 Å². The third-order valence-corrected chi connectivity index (χ3v) is 4.13. The molecule has 0 radical (unpaired) electrons. The highest BCUT2D eigenvalue weighted by atomic mass is 127. The molecule has 0 amide bonds. The summed E-state index contributed by atoms with van der Waals surface area (Å²) in [5.41, 5.74) is 0. The van der Waals surface area contributed by atoms with Crippen LogP contribution in [0.15, 0.2) is 11.3 Å². The van der Waals surface area contributed by atoms with Gasteiger partial charge in [0.2, 0.25) is 0 Å². The molecule has 6 nitrogen and oxygen atoms in total. The molecular weight excluding hydrogens is 427 g/mol. The molecule has 7 heteroatoms. The second-order valence-corrected chi connectivity index (χ2v) is 6.63. The van der Waals surface area contributed by atoms with Crippen LogP contribution in [0, 0.1) is 5.92 Å². The van der Waals surface area contributed by atoms with Gasteiger partial charge in [-0.3, -0.25) is 4.99 Å². The normalized spacial score (nSPS) is 12.8. The van der Waals surface area contributed by atoms with Crippen LogP contribution in [0.1, 0.15) is 66.1 Å². The van der Waals surface area contributed by atoms with E-state index in [9.17, 15) is 0 Å². The lowest BCUT2D eigenvalue weighted by Crippen LogP contribution is -2.42. The molecule has 2 N–H and O–H groups in total. The molecule has 1 heterocycles. The van der Waals surface area contributed by atoms with E-state index in [1.54, 1.807) is 6.33 Å². The Kier molecular flexibility index (Phi) is 13.8. The van der Waals surface area contributed by atoms with Gasteiger partial charge in [0.15, 0.2) is 5.96 Å². The van der Waals surface area contributed by atoms with Gasteiger partial charge in [-0.25, -0.2) is 0 Å². The zero-order valence-electron chi connectivity index (χ0n) is 16.6. The second-order valence-electron chi connectivity index (χ2n) is 6.63. The highest BCUT2D eigenvalue weighted by molar-refractivity contribution is 14.0. The van der Waals surface area contributed by atoms with Crippen LogP contribution in [-0.2, 0) is 13.0 Å². The third-order valence-electron chi connectivity index (χ3n) is 4.13. The SMILES string of the molecule is CCCCC(CC)CN=C(NCCn1cnnc1CC)NC(C)C.I. The monoisotopic (exact) mass is 464 g/mol. The zero-order valence-corrected chi connectivity index (χ0v) is 18.9. The Bertz CT molecular complexity index is 472. The van der Waals surface area contributed by atoms with Gasteiger partial charge in [-0.15, -0.1) is 34.2 Å². The Morgan fingerprint density at radius 2 is 2.04 bits per heavy atom. The number of halogens is 1. The molecule has 0 fully saturated rings. The average Bonchev–Trinajstić information content (AvgIpc) is 3.01. The van der Waals surface area contributed by atoms with Crippen molar-refractivity contribution in [1.82, 2.24) is 25.4 Å². The number of hydrogen-bond acceptors (Lipinski definition) is 3. The number of nitrogens with one attached hydrogen (secondary N) is 2. The molecule has 0 aliphatic rings. The van der Waals surface area contributed by atoms with E-state index in [1.165, 1.54) is 25.7 Å². The van der Waals surface area contributed by atoms with E-state index in [4.69, 9.17) is 4.99 Å². The van der Waals surface area contributed by atoms with Crippen molar-refractivity contribution < 1.29 is 0 Å². The van der Waals surface area contributed by atoms with Crippen LogP contribution in [0.2, 0.25) is 0 Å². The van der Waals surface area contributed by atoms with Gasteiger partial charge in [-0.05, 0) is 26.2 Å². The van der Waals surface area contributed by atoms with Crippen molar-refractivity contribution in [2.75, 3.05) is 13.1 Å². The molecule has 0 saturated carbocycles. The lowest BCUT2D eigenvalue weighted by molar-refractivity contribution is 0.460. The van der Waals surface area contributed by atoms with Crippen molar-refractivity contribution in [3.8, 4) is 0 Å². The molecule has 25 heavy (non-hydrogen) atoms. The number of unbranched alkanes of at least 4 members (excludes halogenated alkanes) is 1. The molecular formula is C18H37IN6. The quantitative estimate of drug-likeness (QED) is 0.298. The van der Waals surface area contributed by atoms with Crippen LogP contribution in [-0.4, -0.2) is 39.9 Å². The highest BCUT2D eigenvalue weighted by Crippen LogP contribution is 2.12. The van der Waals surface area contributed by atoms with E-state index in [0.717, 1.165) is 37.8 Å². The van der Waals surface area contributed by atoms with E-state index in [1.807, 2.05) is 0 Å². The van der Waals surface area contributed by atoms with Gasteiger partial charge in [0.1, 0.15) is 12.2 Å². The molecule has 1 aromatic rings. The fourth-order valence-electron chi connectivity index (χ4n) is 2.60. The number of guanidine groups is 1. The summed E-state index contributed by atoms with van der Waals surface area (Å²) >= 11 is 0. The molecule has 1 aromatic heterocycles. The summed E-state index contributed by atoms with van der Waals surface area (Å²) in [6, 6.07) is 0.369. The summed E-state index contributed by atoms with van der Waals surface area (Å²) < 4.78 is 2.09. The number of hydrogen-bond donors (Lipinski definition) is 2. The highest BCUT2D eigenvalue weighted by Gasteiger charge is 2.07. The van der Waals surface area contributed by atoms with Gasteiger partial charge >= 0.3 is 0 Å². The minimum atomic E-state index is 0. The van der Waals surface area contributed by atoms with Crippen LogP contribution in [0.3, 0.4) is 0 Å². The molecule has 0 aliphatic carbocycles. The van der Waals surface area contributed by atoms with Crippen molar-refractivity contribution in [1.29, 1.82) is 0 Å². The first-order valence-corrected chi connectivity index (χ1v) is 9.52. The van der Waals surface area contributed by atoms with Crippen molar-refractivity contribution >= 4 is 29.9 Å². The molecule has 1 unspecified atom stereocenters. The maximum absolute atomic E-state index is 4.80. The minimum Gasteiger partial charge on any atom is -0.355 e. The fourth-order valence-corrected chi connectivity index (χ4v) is 2.60. The van der Waals surface area contributed by atoms with E-state index < -0.39 is 0 Å². The average molecular weight is 464 g/mol. The Labute approximate surface area is 170 Å². The summed E-state index contributed by atoms with van der Waals surface area (Å²) in [5.74, 6) is 2.61. The Balaban J connectivity index is 0.00000576. The number of aliphatic imine (C=N–C) groups is 1. The van der Waals surface area contributed by atoms with Gasteiger partial charge in [0, 0.05) is 32.1 Å². The molecule has 0 aromatic carbocycles. The molecule has 0 bridgehead atoms. The van der Waals surface area contributed by atoms with Crippen molar-refractivity contribution in [2.45, 2.75) is 79.3 Å². The van der Waals surface area contributed by atoms with E-state index in [2.05, 4.69) is 60.0 Å². The molecule has 1 rings (SSSR count). The summed E-state index contributed by atoms with van der Waals surface area (Å²) in [6.45, 7) is 13.4. The van der Waals surface area contributed by atoms with Gasteiger partial charge in [-0.1, -0.05) is 40.0 Å². The number of nitrogens with zero attached hydrogens (tertiary/aromatic N) is 4. The van der Waals surface area contributed by atoms with Crippen LogP contribution in [0.25, 0.3) is 0 Å². The van der Waals surface area contributed by atoms with Crippen molar-refractivity contribution in [3.05, 3.63) is 12.2 Å². The standard InChI is InChI=1S/C18H36N6.HI/c1-6-9-10-16(7-2)13-20-18(22-15(4)5)19-11-12-24-14-21-23-17(24)8-3;/h14-16H,6-13H2,1-5H3,(H2,19,20,22);1H. The topological polar surface area (TPSA) is 67.1 Å². The third kappa shape index (κ3) is 10.0. The molecule has 0 spiro atoms. The molecule has 146 valence electrons. The summed E-state index contributed by atoms with van der Waals surface area (Å²) in [4.78, 5) is 4.80. The lowest BCUT2D eigenvalue weighted by atomic mass is 10.00. The predicted molar refractivity (Wildman–Crippen MR) is 117 cm³/mol. The first-order valence-electron chi connectivity index (χ1n) is 9.52. The second kappa shape index (κ2) is 14.3. The summed E-state index contributed by atoms with van der Waals surface area (Å²) in [6.07, 6.45) is 7.72. The molecule has 1 atom stereocenters. The first-order chi connectivity index (χ1) is 11.6. The van der Waals surface area contributed by atoms with Gasteiger partial charge < -0.3 is 15.2 Å². The van der Waals surface area contributed by atoms with Crippen LogP contribution < -0.4 is 10.6 Å². The number of rotatable bonds is 11. The van der Waals surface area contributed by atoms with Gasteiger partial charge in [0.25, 0.3) is 0 Å². The Hall–Kier alpha value is -0.860. The summed E-state index contributed by atoms with van der Waals surface area (Å²) in [7, 11) is 0. The van der Waals surface area contributed by atoms with Crippen LogP contribution in [0.4, 0.5) is 0 Å².